The van der Waals surface area contributed by atoms with E-state index in [-0.39, 0.29) is 42.5 Å². The lowest BCUT2D eigenvalue weighted by atomic mass is 10.3. The molecule has 0 aliphatic heterocycles. The fourth-order valence-corrected chi connectivity index (χ4v) is 9.01. The van der Waals surface area contributed by atoms with Gasteiger partial charge in [0.15, 0.2) is 39.3 Å². The Bertz CT molecular complexity index is 4280. The Labute approximate surface area is 515 Å². The third kappa shape index (κ3) is 23.9. The van der Waals surface area contributed by atoms with Crippen molar-refractivity contribution in [2.24, 2.45) is 0 Å². The van der Waals surface area contributed by atoms with Crippen molar-refractivity contribution >= 4 is 130 Å². The molecule has 4 aromatic carbocycles. The van der Waals surface area contributed by atoms with E-state index in [1.165, 1.54) is 84.9 Å². The van der Waals surface area contributed by atoms with Crippen molar-refractivity contribution in [2.75, 3.05) is 59.1 Å². The van der Waals surface area contributed by atoms with E-state index in [1.54, 1.807) is 104 Å². The number of hydrogen-bond acceptors (Lipinski definition) is 23. The molecule has 0 atom stereocenters. The predicted octanol–water partition coefficient (Wildman–Crippen LogP) is 8.57. The van der Waals surface area contributed by atoms with Gasteiger partial charge in [-0.15, -0.1) is 0 Å². The van der Waals surface area contributed by atoms with E-state index < -0.39 is 49.2 Å². The van der Waals surface area contributed by atoms with E-state index in [4.69, 9.17) is 34.8 Å². The van der Waals surface area contributed by atoms with Crippen LogP contribution in [0, 0.1) is 31.6 Å². The minimum absolute atomic E-state index is 0.111. The lowest BCUT2D eigenvalue weighted by molar-refractivity contribution is -0.385. The smallest absolute Gasteiger partial charge is 0.331 e. The summed E-state index contributed by atoms with van der Waals surface area (Å²) in [6.07, 6.45) is 16.0. The highest BCUT2D eigenvalue weighted by Gasteiger charge is 2.15. The van der Waals surface area contributed by atoms with Gasteiger partial charge in [0.25, 0.3) is 0 Å². The number of aromatic amines is 1. The molecular weight excluding hydrogens is 1330 g/mol. The maximum Gasteiger partial charge on any atom is 0.331 e. The number of halogens is 2. The second-order valence-corrected chi connectivity index (χ2v) is 25.0. The first-order valence-corrected chi connectivity index (χ1v) is 33.0. The number of nitro groups is 2. The van der Waals surface area contributed by atoms with Crippen molar-refractivity contribution in [2.45, 2.75) is 26.5 Å². The molecule has 5 heterocycles. The molecule has 9 rings (SSSR count). The number of hydrogen-bond donors (Lipinski definition) is 6. The number of aliphatic hydroxyl groups excluding tert-OH is 1. The van der Waals surface area contributed by atoms with Crippen LogP contribution in [-0.2, 0) is 39.3 Å². The number of benzene rings is 4. The number of anilines is 6. The van der Waals surface area contributed by atoms with Gasteiger partial charge in [-0.25, -0.2) is 38.5 Å². The molecule has 27 nitrogen and oxygen atoms in total. The summed E-state index contributed by atoms with van der Waals surface area (Å²) in [5.41, 5.74) is 15.9. The number of nitrogens with zero attached hydrogens (tertiary/aromatic N) is 8. The van der Waals surface area contributed by atoms with Gasteiger partial charge in [0.2, 0.25) is 0 Å². The van der Waals surface area contributed by atoms with Crippen molar-refractivity contribution in [1.82, 2.24) is 29.5 Å². The van der Waals surface area contributed by atoms with Crippen LogP contribution in [0.4, 0.5) is 45.5 Å². The molecule has 0 unspecified atom stereocenters. The fourth-order valence-electron chi connectivity index (χ4n) is 6.32. The molecule has 0 saturated carbocycles. The molecule has 0 aliphatic rings. The van der Waals surface area contributed by atoms with E-state index >= 15 is 0 Å². The Morgan fingerprint density at radius 2 is 0.953 bits per heavy atom. The van der Waals surface area contributed by atoms with Gasteiger partial charge in [0.05, 0.1) is 76.0 Å². The first-order chi connectivity index (χ1) is 40.8. The minimum Gasteiger partial charge on any atom is -0.400 e. The molecule has 0 aliphatic carbocycles. The zero-order chi connectivity index (χ0) is 65.7. The van der Waals surface area contributed by atoms with Crippen LogP contribution >= 0.6 is 34.2 Å². The van der Waals surface area contributed by atoms with Gasteiger partial charge < -0.3 is 32.2 Å². The number of nitrogen functional groups attached to an aromatic ring is 2. The zero-order valence-electron chi connectivity index (χ0n) is 47.2. The van der Waals surface area contributed by atoms with Crippen LogP contribution in [0.3, 0.4) is 0 Å². The molecule has 5 aromatic heterocycles. The minimum atomic E-state index is -3.26. The highest BCUT2D eigenvalue weighted by atomic mass is 127. The highest BCUT2D eigenvalue weighted by molar-refractivity contribution is 14.1. The summed E-state index contributed by atoms with van der Waals surface area (Å²) in [5, 5.41) is 41.3. The maximum atomic E-state index is 12.0. The maximum absolute atomic E-state index is 12.0. The van der Waals surface area contributed by atoms with Gasteiger partial charge in [0, 0.05) is 82.3 Å². The number of imidazole rings is 1. The van der Waals surface area contributed by atoms with Gasteiger partial charge in [-0.2, -0.15) is 5.26 Å². The lowest BCUT2D eigenvalue weighted by Crippen LogP contribution is -2.14. The lowest BCUT2D eigenvalue weighted by Gasteiger charge is -2.08. The van der Waals surface area contributed by atoms with Crippen molar-refractivity contribution in [3.05, 3.63) is 207 Å². The van der Waals surface area contributed by atoms with Gasteiger partial charge in [-0.05, 0) is 126 Å². The quantitative estimate of drug-likeness (QED) is 0.0232. The first-order valence-electron chi connectivity index (χ1n) is 24.2. The van der Waals surface area contributed by atoms with Gasteiger partial charge in [-0.1, -0.05) is 34.2 Å². The molecule has 0 spiro atoms. The number of aliphatic hydroxyl groups is 1. The Kier molecular flexibility index (Phi) is 28.8. The van der Waals surface area contributed by atoms with E-state index in [9.17, 15) is 58.7 Å². The summed E-state index contributed by atoms with van der Waals surface area (Å²) in [4.78, 5) is 51.0. The largest absolute Gasteiger partial charge is 0.400 e. The highest BCUT2D eigenvalue weighted by Crippen LogP contribution is 2.27. The van der Waals surface area contributed by atoms with Gasteiger partial charge >= 0.3 is 17.1 Å². The average Bonchev–Trinajstić information content (AvgIpc) is 3.26. The van der Waals surface area contributed by atoms with Crippen LogP contribution in [0.1, 0.15) is 8.29 Å². The summed E-state index contributed by atoms with van der Waals surface area (Å²) < 4.78 is 97.6. The molecule has 9 aromatic rings. The number of pyridine rings is 4. The molecule has 0 saturated heterocycles. The van der Waals surface area contributed by atoms with Crippen LogP contribution < -0.4 is 27.8 Å². The van der Waals surface area contributed by atoms with Crippen molar-refractivity contribution < 1.29 is 50.0 Å². The van der Waals surface area contributed by atoms with E-state index in [1.807, 2.05) is 22.6 Å². The number of fused-ring (bicyclic) bond motifs is 1. The number of rotatable bonds is 11. The second kappa shape index (κ2) is 34.7. The summed E-state index contributed by atoms with van der Waals surface area (Å²) in [7, 11) is -11.7. The number of H-pyrrole nitrogens is 1. The molecule has 8 N–H and O–H groups in total. The molecule has 0 amide bonds. The molecule has 0 radical (unpaired) electrons. The van der Waals surface area contributed by atoms with Crippen LogP contribution in [0.15, 0.2) is 195 Å². The van der Waals surface area contributed by atoms with Crippen LogP contribution in [0.5, 0.6) is 0 Å². The molecule has 0 bridgehead atoms. The van der Waals surface area contributed by atoms with Gasteiger partial charge in [0.1, 0.15) is 23.1 Å². The van der Waals surface area contributed by atoms with Crippen LogP contribution in [-0.4, -0.2) is 115 Å². The number of nitrogens with one attached hydrogen (secondary N) is 3. The SMILES string of the molecule is CC#N.CO.CS(=O)(=O)c1ccc(-n2c(=O)[nH]c3cnccc32)cc1.CS(=O)(=O)c1ccc(N)cc1.CS(=O)(=O)c1ccc(Nc2ccncc2N)cc1.CS(=O)(=O)c1ccc(Nc2ccncc2[N+](=O)[O-])cc1.O=[N+]([O-])c1cnccc1Cl.[2H]CI. The third-order valence-electron chi connectivity index (χ3n) is 10.2. The van der Waals surface area contributed by atoms with Crippen LogP contribution in [0.25, 0.3) is 16.7 Å². The number of nitriles is 1. The van der Waals surface area contributed by atoms with Crippen molar-refractivity contribution in [3.63, 3.8) is 0 Å². The summed E-state index contributed by atoms with van der Waals surface area (Å²) >= 11 is 7.39. The average molecular weight is 1390 g/mol. The normalized spacial score (nSPS) is 10.6. The standard InChI is InChI=1S/C13H11N3O3S.C12H11N3O4S.C12H13N3O2S.C7H9NO2S.C5H3ClN2O2.C2H3N.CH3I.CH4O/c1-20(18,19)10-4-2-9(3-5-10)16-12-6-7-14-8-11(12)15-13(16)17;1-20(18,19)10-4-2-9(3-5-10)14-11-6-7-13-8-12(11)15(16)17;1-18(16,17)10-4-2-9(3-5-10)15-12-6-7-14-8-11(12)13;1-11(9,10)7-4-2-6(8)3-5-7;6-4-1-2-7-3-5(4)8(9)10;1-2-3;2*1-2/h2-8H,1H3,(H,15,17);2-8H,1H3,(H,13,14);2-8H,13H2,1H3,(H,14,15);2-5H,8H2,1H3;1-3H;1H3;1H3;2H,1H3/i;;;;;;1D;. The van der Waals surface area contributed by atoms with Crippen LogP contribution in [0.2, 0.25) is 5.02 Å². The second-order valence-electron chi connectivity index (χ2n) is 16.5. The number of aromatic nitrogens is 6. The number of sulfone groups is 4. The van der Waals surface area contributed by atoms with Crippen molar-refractivity contribution in [1.29, 1.82) is 5.26 Å². The summed E-state index contributed by atoms with van der Waals surface area (Å²) in [6, 6.07) is 32.8. The topological polar surface area (TPSA) is 432 Å². The molecule has 33 heteroatoms. The molecule has 86 heavy (non-hydrogen) atoms. The molecular formula is C53H57ClIN13O14S4. The fraction of sp³-hybridized carbons (Fsp3) is 0.132. The number of nitrogens with two attached hydrogens (primary N) is 2. The third-order valence-corrected chi connectivity index (χ3v) is 15.1. The molecule has 0 fully saturated rings. The predicted molar refractivity (Wildman–Crippen MR) is 339 cm³/mol. The summed E-state index contributed by atoms with van der Waals surface area (Å²) in [5.74, 6) is 0. The Hall–Kier alpha value is -8.98. The first kappa shape index (κ1) is 71.3. The Balaban J connectivity index is 0.000000367. The number of alkyl halides is 1. The Morgan fingerprint density at radius 3 is 1.35 bits per heavy atom. The van der Waals surface area contributed by atoms with E-state index in [0.717, 1.165) is 43.4 Å². The Morgan fingerprint density at radius 1 is 0.605 bits per heavy atom. The molecule has 456 valence electrons. The summed E-state index contributed by atoms with van der Waals surface area (Å²) in [6.45, 7) is 1.43. The monoisotopic (exact) mass is 1390 g/mol. The van der Waals surface area contributed by atoms with E-state index in [2.05, 4.69) is 35.6 Å². The zero-order valence-corrected chi connectivity index (χ0v) is 52.4. The van der Waals surface area contributed by atoms with Gasteiger partial charge in [-0.3, -0.25) is 44.7 Å². The van der Waals surface area contributed by atoms with Crippen molar-refractivity contribution in [3.8, 4) is 11.8 Å². The van der Waals surface area contributed by atoms with E-state index in [0.29, 0.717) is 43.6 Å².